The minimum Gasteiger partial charge on any atom is -0.352 e. The average Bonchev–Trinajstić information content (AvgIpc) is 2.18. The molecule has 0 bridgehead atoms. The number of amides is 2. The fraction of sp³-hybridized carbons (Fsp3) is 0.222. The standard InChI is InChI=1S/C9H12N2O3S/c10-9(12)11-6-7-15(13,14)8-4-2-1-3-5-8/h1-5H,6-7H2,(H3,10,11,12). The third kappa shape index (κ3) is 3.59. The molecule has 2 amide bonds. The van der Waals surface area contributed by atoms with Crippen LogP contribution in [-0.4, -0.2) is 26.7 Å². The van der Waals surface area contributed by atoms with E-state index in [-0.39, 0.29) is 17.2 Å². The Morgan fingerprint density at radius 1 is 1.27 bits per heavy atom. The molecule has 15 heavy (non-hydrogen) atoms. The number of sulfone groups is 1. The Morgan fingerprint density at radius 2 is 1.87 bits per heavy atom. The number of nitrogens with one attached hydrogen (secondary N) is 1. The molecule has 0 atom stereocenters. The third-order valence-electron chi connectivity index (χ3n) is 1.77. The van der Waals surface area contributed by atoms with E-state index in [1.807, 2.05) is 0 Å². The van der Waals surface area contributed by atoms with Gasteiger partial charge in [0.2, 0.25) is 0 Å². The van der Waals surface area contributed by atoms with Crippen LogP contribution in [0.15, 0.2) is 35.2 Å². The molecule has 1 aromatic rings. The lowest BCUT2D eigenvalue weighted by Crippen LogP contribution is -2.33. The fourth-order valence-corrected chi connectivity index (χ4v) is 2.23. The number of hydrogen-bond donors (Lipinski definition) is 2. The van der Waals surface area contributed by atoms with Crippen LogP contribution in [0.3, 0.4) is 0 Å². The molecule has 6 heteroatoms. The van der Waals surface area contributed by atoms with Crippen LogP contribution in [0, 0.1) is 0 Å². The maximum Gasteiger partial charge on any atom is 0.312 e. The average molecular weight is 228 g/mol. The summed E-state index contributed by atoms with van der Waals surface area (Å²) < 4.78 is 23.2. The summed E-state index contributed by atoms with van der Waals surface area (Å²) in [7, 11) is -3.33. The summed E-state index contributed by atoms with van der Waals surface area (Å²) in [5, 5.41) is 2.23. The lowest BCUT2D eigenvalue weighted by Gasteiger charge is -2.04. The fourth-order valence-electron chi connectivity index (χ4n) is 1.05. The number of primary amides is 1. The molecule has 82 valence electrons. The van der Waals surface area contributed by atoms with Crippen molar-refractivity contribution in [1.29, 1.82) is 0 Å². The molecule has 0 heterocycles. The van der Waals surface area contributed by atoms with Crippen molar-refractivity contribution in [2.45, 2.75) is 4.90 Å². The van der Waals surface area contributed by atoms with Crippen LogP contribution in [-0.2, 0) is 9.84 Å². The highest BCUT2D eigenvalue weighted by Gasteiger charge is 2.13. The molecular weight excluding hydrogens is 216 g/mol. The van der Waals surface area contributed by atoms with Crippen molar-refractivity contribution in [3.05, 3.63) is 30.3 Å². The molecular formula is C9H12N2O3S. The Labute approximate surface area is 88.2 Å². The first-order valence-corrected chi connectivity index (χ1v) is 5.99. The van der Waals surface area contributed by atoms with Gasteiger partial charge in [0, 0.05) is 6.54 Å². The number of nitrogens with two attached hydrogens (primary N) is 1. The van der Waals surface area contributed by atoms with E-state index < -0.39 is 15.9 Å². The molecule has 0 saturated heterocycles. The summed E-state index contributed by atoms with van der Waals surface area (Å²) in [6.45, 7) is 0.0204. The van der Waals surface area contributed by atoms with E-state index in [1.165, 1.54) is 12.1 Å². The topological polar surface area (TPSA) is 89.3 Å². The summed E-state index contributed by atoms with van der Waals surface area (Å²) >= 11 is 0. The van der Waals surface area contributed by atoms with E-state index in [2.05, 4.69) is 5.32 Å². The Balaban J connectivity index is 2.65. The van der Waals surface area contributed by atoms with Gasteiger partial charge in [-0.3, -0.25) is 0 Å². The van der Waals surface area contributed by atoms with Gasteiger partial charge in [-0.2, -0.15) is 0 Å². The molecule has 1 aromatic carbocycles. The van der Waals surface area contributed by atoms with Gasteiger partial charge in [0.1, 0.15) is 0 Å². The van der Waals surface area contributed by atoms with Crippen molar-refractivity contribution in [3.8, 4) is 0 Å². The number of benzene rings is 1. The summed E-state index contributed by atoms with van der Waals surface area (Å²) in [6, 6.07) is 7.33. The first kappa shape index (κ1) is 11.5. The quantitative estimate of drug-likeness (QED) is 0.767. The van der Waals surface area contributed by atoms with Crippen molar-refractivity contribution < 1.29 is 13.2 Å². The SMILES string of the molecule is NC(=O)NCCS(=O)(=O)c1ccccc1. The zero-order valence-corrected chi connectivity index (χ0v) is 8.83. The maximum absolute atomic E-state index is 11.6. The highest BCUT2D eigenvalue weighted by Crippen LogP contribution is 2.08. The van der Waals surface area contributed by atoms with Crippen molar-refractivity contribution in [3.63, 3.8) is 0 Å². The van der Waals surface area contributed by atoms with Gasteiger partial charge in [-0.25, -0.2) is 13.2 Å². The van der Waals surface area contributed by atoms with Gasteiger partial charge in [0.05, 0.1) is 10.6 Å². The van der Waals surface area contributed by atoms with Gasteiger partial charge < -0.3 is 11.1 Å². The van der Waals surface area contributed by atoms with Crippen molar-refractivity contribution in [2.24, 2.45) is 5.73 Å². The van der Waals surface area contributed by atoms with Gasteiger partial charge >= 0.3 is 6.03 Å². The molecule has 0 aliphatic carbocycles. The van der Waals surface area contributed by atoms with E-state index in [4.69, 9.17) is 5.73 Å². The molecule has 0 saturated carbocycles. The van der Waals surface area contributed by atoms with Crippen molar-refractivity contribution >= 4 is 15.9 Å². The zero-order valence-electron chi connectivity index (χ0n) is 8.01. The van der Waals surface area contributed by atoms with E-state index in [0.717, 1.165) is 0 Å². The van der Waals surface area contributed by atoms with E-state index in [1.54, 1.807) is 18.2 Å². The van der Waals surface area contributed by atoms with Crippen LogP contribution < -0.4 is 11.1 Å². The number of carbonyl (C=O) groups is 1. The predicted octanol–water partition coefficient (Wildman–Crippen LogP) is 0.129. The molecule has 0 aromatic heterocycles. The number of hydrogen-bond acceptors (Lipinski definition) is 3. The summed E-state index contributed by atoms with van der Waals surface area (Å²) in [6.07, 6.45) is 0. The summed E-state index contributed by atoms with van der Waals surface area (Å²) in [5.41, 5.74) is 4.82. The van der Waals surface area contributed by atoms with Gasteiger partial charge in [-0.15, -0.1) is 0 Å². The highest BCUT2D eigenvalue weighted by atomic mass is 32.2. The molecule has 0 unspecified atom stereocenters. The second-order valence-corrected chi connectivity index (χ2v) is 5.03. The molecule has 0 aliphatic rings. The smallest absolute Gasteiger partial charge is 0.312 e. The molecule has 1 rings (SSSR count). The molecule has 0 aliphatic heterocycles. The van der Waals surface area contributed by atoms with Gasteiger partial charge in [-0.05, 0) is 12.1 Å². The maximum atomic E-state index is 11.6. The van der Waals surface area contributed by atoms with Gasteiger partial charge in [0.25, 0.3) is 0 Å². The van der Waals surface area contributed by atoms with Crippen LogP contribution in [0.5, 0.6) is 0 Å². The molecule has 3 N–H and O–H groups in total. The van der Waals surface area contributed by atoms with Crippen LogP contribution in [0.25, 0.3) is 0 Å². The van der Waals surface area contributed by atoms with Gasteiger partial charge in [0.15, 0.2) is 9.84 Å². The molecule has 0 fully saturated rings. The van der Waals surface area contributed by atoms with Crippen LogP contribution in [0.1, 0.15) is 0 Å². The van der Waals surface area contributed by atoms with E-state index in [0.29, 0.717) is 0 Å². The minimum atomic E-state index is -3.33. The number of rotatable bonds is 4. The molecule has 0 spiro atoms. The lowest BCUT2D eigenvalue weighted by atomic mass is 10.4. The van der Waals surface area contributed by atoms with Crippen molar-refractivity contribution in [2.75, 3.05) is 12.3 Å². The van der Waals surface area contributed by atoms with Crippen molar-refractivity contribution in [1.82, 2.24) is 5.32 Å². The molecule has 0 radical (unpaired) electrons. The van der Waals surface area contributed by atoms with Gasteiger partial charge in [-0.1, -0.05) is 18.2 Å². The normalized spacial score (nSPS) is 10.9. The van der Waals surface area contributed by atoms with Crippen LogP contribution in [0.2, 0.25) is 0 Å². The van der Waals surface area contributed by atoms with Crippen LogP contribution in [0.4, 0.5) is 4.79 Å². The van der Waals surface area contributed by atoms with E-state index in [9.17, 15) is 13.2 Å². The first-order chi connectivity index (χ1) is 7.02. The zero-order chi connectivity index (χ0) is 11.3. The third-order valence-corrected chi connectivity index (χ3v) is 3.50. The number of urea groups is 1. The Kier molecular flexibility index (Phi) is 3.68. The predicted molar refractivity (Wildman–Crippen MR) is 56.1 cm³/mol. The second kappa shape index (κ2) is 4.79. The summed E-state index contributed by atoms with van der Waals surface area (Å²) in [4.78, 5) is 10.6. The van der Waals surface area contributed by atoms with Crippen LogP contribution >= 0.6 is 0 Å². The second-order valence-electron chi connectivity index (χ2n) is 2.92. The largest absolute Gasteiger partial charge is 0.352 e. The molecule has 5 nitrogen and oxygen atoms in total. The monoisotopic (exact) mass is 228 g/mol. The Bertz CT molecular complexity index is 428. The van der Waals surface area contributed by atoms with E-state index >= 15 is 0 Å². The number of carbonyl (C=O) groups excluding carboxylic acids is 1. The first-order valence-electron chi connectivity index (χ1n) is 4.33. The minimum absolute atomic E-state index is 0.0204. The summed E-state index contributed by atoms with van der Waals surface area (Å²) in [5.74, 6) is -0.153. The Morgan fingerprint density at radius 3 is 2.40 bits per heavy atom. The lowest BCUT2D eigenvalue weighted by molar-refractivity contribution is 0.249. The highest BCUT2D eigenvalue weighted by molar-refractivity contribution is 7.91. The Hall–Kier alpha value is -1.56.